The summed E-state index contributed by atoms with van der Waals surface area (Å²) >= 11 is 1.71. The molecule has 1 heterocycles. The summed E-state index contributed by atoms with van der Waals surface area (Å²) in [5.41, 5.74) is 3.58. The monoisotopic (exact) mass is 538 g/mol. The summed E-state index contributed by atoms with van der Waals surface area (Å²) in [7, 11) is 0. The Morgan fingerprint density at radius 2 is 1.89 bits per heavy atom. The van der Waals surface area contributed by atoms with Crippen LogP contribution in [-0.2, 0) is 16.2 Å². The lowest BCUT2D eigenvalue weighted by Crippen LogP contribution is -2.62. The second-order valence-electron chi connectivity index (χ2n) is 12.2. The van der Waals surface area contributed by atoms with Crippen molar-refractivity contribution in [2.24, 2.45) is 29.1 Å². The maximum atomic E-state index is 13.9. The Morgan fingerprint density at radius 1 is 1.18 bits per heavy atom. The Kier molecular flexibility index (Phi) is 7.96. The molecule has 0 unspecified atom stereocenters. The normalized spacial score (nSPS) is 33.0. The lowest BCUT2D eigenvalue weighted by molar-refractivity contribution is -0.183. The first-order valence-corrected chi connectivity index (χ1v) is 15.1. The number of aliphatic hydroxyl groups excluding tert-OH is 2. The highest BCUT2D eigenvalue weighted by atomic mass is 32.2. The van der Waals surface area contributed by atoms with Crippen LogP contribution in [0.4, 0.5) is 0 Å². The largest absolute Gasteiger partial charge is 0.394 e. The van der Waals surface area contributed by atoms with Crippen LogP contribution in [0.2, 0.25) is 0 Å². The van der Waals surface area contributed by atoms with Gasteiger partial charge in [0.1, 0.15) is 12.1 Å². The molecule has 38 heavy (non-hydrogen) atoms. The number of carbonyl (C=O) groups excluding carboxylic acids is 1. The third-order valence-electron chi connectivity index (χ3n) is 9.73. The number of rotatable bonds is 8. The summed E-state index contributed by atoms with van der Waals surface area (Å²) in [6.07, 6.45) is 2.87. The quantitative estimate of drug-likeness (QED) is 0.422. The topological polar surface area (TPSA) is 82.0 Å². The molecule has 6 nitrogen and oxygen atoms in total. The summed E-state index contributed by atoms with van der Waals surface area (Å²) in [4.78, 5) is 21.2. The molecular formula is C31H42N2O4S. The number of thioether (sulfide) groups is 1. The molecule has 4 fully saturated rings. The van der Waals surface area contributed by atoms with Gasteiger partial charge in [-0.3, -0.25) is 9.63 Å². The van der Waals surface area contributed by atoms with Gasteiger partial charge in [0.15, 0.2) is 0 Å². The minimum atomic E-state index is -0.801. The van der Waals surface area contributed by atoms with Crippen LogP contribution in [0.15, 0.2) is 53.4 Å². The molecule has 3 saturated carbocycles. The molecule has 0 radical (unpaired) electrons. The van der Waals surface area contributed by atoms with Gasteiger partial charge in [0.05, 0.1) is 19.3 Å². The first-order valence-electron chi connectivity index (χ1n) is 13.9. The fraction of sp³-hybridized carbons (Fsp3) is 0.581. The number of benzene rings is 2. The first kappa shape index (κ1) is 27.7. The van der Waals surface area contributed by atoms with Crippen molar-refractivity contribution >= 4 is 17.7 Å². The van der Waals surface area contributed by atoms with Gasteiger partial charge in [-0.2, -0.15) is 5.06 Å². The molecule has 206 valence electrons. The van der Waals surface area contributed by atoms with Crippen molar-refractivity contribution in [3.8, 4) is 11.1 Å². The van der Waals surface area contributed by atoms with Crippen molar-refractivity contribution in [2.45, 2.75) is 76.3 Å². The van der Waals surface area contributed by atoms with Gasteiger partial charge in [-0.15, -0.1) is 11.8 Å². The smallest absolute Gasteiger partial charge is 0.240 e. The molecule has 3 N–H and O–H groups in total. The molecule has 4 aliphatic rings. The number of aliphatic hydroxyl groups is 2. The molecule has 0 aromatic heterocycles. The van der Waals surface area contributed by atoms with Crippen LogP contribution in [0.5, 0.6) is 0 Å². The first-order chi connectivity index (χ1) is 18.1. The molecule has 0 spiro atoms. The maximum absolute atomic E-state index is 13.9. The van der Waals surface area contributed by atoms with E-state index in [0.29, 0.717) is 29.7 Å². The third kappa shape index (κ3) is 5.04. The van der Waals surface area contributed by atoms with Gasteiger partial charge in [0.2, 0.25) is 5.91 Å². The summed E-state index contributed by atoms with van der Waals surface area (Å²) in [6.45, 7) is 8.78. The average Bonchev–Trinajstić information content (AvgIpc) is 3.28. The lowest BCUT2D eigenvalue weighted by atomic mass is 9.45. The molecule has 2 aromatic rings. The molecule has 6 rings (SSSR count). The number of nitrogens with one attached hydrogen (secondary N) is 1. The van der Waals surface area contributed by atoms with Crippen molar-refractivity contribution in [2.75, 3.05) is 12.9 Å². The van der Waals surface area contributed by atoms with Crippen molar-refractivity contribution in [3.63, 3.8) is 0 Å². The van der Waals surface area contributed by atoms with Crippen LogP contribution < -0.4 is 5.32 Å². The van der Waals surface area contributed by atoms with E-state index in [2.05, 4.69) is 68.7 Å². The number of hydroxylamine groups is 2. The minimum Gasteiger partial charge on any atom is -0.394 e. The number of hydrogen-bond acceptors (Lipinski definition) is 6. The summed E-state index contributed by atoms with van der Waals surface area (Å²) < 4.78 is 0. The zero-order valence-corrected chi connectivity index (χ0v) is 23.9. The zero-order valence-electron chi connectivity index (χ0n) is 23.1. The molecule has 2 aromatic carbocycles. The summed E-state index contributed by atoms with van der Waals surface area (Å²) in [5.74, 6) is 1.02. The van der Waals surface area contributed by atoms with Crippen LogP contribution in [0.25, 0.3) is 11.1 Å². The van der Waals surface area contributed by atoms with Crippen molar-refractivity contribution in [1.29, 1.82) is 0 Å². The highest BCUT2D eigenvalue weighted by Gasteiger charge is 2.57. The molecule has 1 amide bonds. The molecule has 3 aliphatic carbocycles. The average molecular weight is 539 g/mol. The molecular weight excluding hydrogens is 496 g/mol. The molecule has 2 bridgehead atoms. The standard InChI is InChI=1S/C31H42N2O4S/c1-18-25-14-23(31(25,3)4)15-26(18)32-30(36)29-28(19(2)35)27(17-34)37-33(29)16-20-8-6-9-21(12-20)22-10-7-11-24(13-22)38-5/h6-13,18-19,23,25-29,34-35H,14-17H2,1-5H3,(H,32,36)/t18-,19-,23-,25+,26-,27-,28+,29-/m0/s1. The highest BCUT2D eigenvalue weighted by molar-refractivity contribution is 7.98. The predicted octanol–water partition coefficient (Wildman–Crippen LogP) is 4.74. The van der Waals surface area contributed by atoms with Gasteiger partial charge in [-0.05, 0) is 84.1 Å². The lowest BCUT2D eigenvalue weighted by Gasteiger charge is -2.62. The van der Waals surface area contributed by atoms with E-state index < -0.39 is 24.2 Å². The van der Waals surface area contributed by atoms with Gasteiger partial charge in [-0.1, -0.05) is 51.1 Å². The van der Waals surface area contributed by atoms with Crippen molar-refractivity contribution < 1.29 is 19.8 Å². The Morgan fingerprint density at radius 3 is 2.53 bits per heavy atom. The SMILES string of the molecule is CSc1cccc(-c2cccc(CN3O[C@@H](CO)[C@@H]([C@H](C)O)[C@H]3C(=O)N[C@H]3C[C@@H]4C[C@H]([C@@H]3C)C4(C)C)c2)c1. The van der Waals surface area contributed by atoms with Gasteiger partial charge < -0.3 is 15.5 Å². The van der Waals surface area contributed by atoms with Crippen molar-refractivity contribution in [3.05, 3.63) is 54.1 Å². The fourth-order valence-corrected chi connectivity index (χ4v) is 7.78. The summed E-state index contributed by atoms with van der Waals surface area (Å²) in [6, 6.07) is 16.1. The Labute approximate surface area is 231 Å². The zero-order chi connectivity index (χ0) is 27.2. The fourth-order valence-electron chi connectivity index (χ4n) is 7.32. The van der Waals surface area contributed by atoms with E-state index in [9.17, 15) is 15.0 Å². The number of carbonyl (C=O) groups is 1. The molecule has 8 atom stereocenters. The van der Waals surface area contributed by atoms with Gasteiger partial charge >= 0.3 is 0 Å². The van der Waals surface area contributed by atoms with Crippen LogP contribution in [0.1, 0.15) is 46.1 Å². The van der Waals surface area contributed by atoms with E-state index in [-0.39, 0.29) is 18.6 Å². The summed E-state index contributed by atoms with van der Waals surface area (Å²) in [5, 5.41) is 25.8. The number of hydrogen-bond donors (Lipinski definition) is 3. The number of nitrogens with zero attached hydrogens (tertiary/aromatic N) is 1. The van der Waals surface area contributed by atoms with Gasteiger partial charge in [-0.25, -0.2) is 0 Å². The van der Waals surface area contributed by atoms with Crippen LogP contribution in [0, 0.1) is 29.1 Å². The maximum Gasteiger partial charge on any atom is 0.240 e. The van der Waals surface area contributed by atoms with Gasteiger partial charge in [0.25, 0.3) is 0 Å². The van der Waals surface area contributed by atoms with Crippen LogP contribution >= 0.6 is 11.8 Å². The highest BCUT2D eigenvalue weighted by Crippen LogP contribution is 2.61. The van der Waals surface area contributed by atoms with E-state index in [1.54, 1.807) is 23.7 Å². The van der Waals surface area contributed by atoms with Gasteiger partial charge in [0, 0.05) is 16.9 Å². The third-order valence-corrected chi connectivity index (χ3v) is 10.5. The van der Waals surface area contributed by atoms with Crippen molar-refractivity contribution in [1.82, 2.24) is 10.4 Å². The Balaban J connectivity index is 1.37. The minimum absolute atomic E-state index is 0.119. The Hall–Kier alpha value is -1.90. The van der Waals surface area contributed by atoms with E-state index in [4.69, 9.17) is 4.84 Å². The van der Waals surface area contributed by atoms with Crippen LogP contribution in [-0.4, -0.2) is 58.3 Å². The predicted molar refractivity (Wildman–Crippen MR) is 151 cm³/mol. The van der Waals surface area contributed by atoms with E-state index in [1.807, 2.05) is 12.1 Å². The number of fused-ring (bicyclic) bond motifs is 2. The second-order valence-corrected chi connectivity index (χ2v) is 13.0. The molecule has 1 saturated heterocycles. The van der Waals surface area contributed by atoms with E-state index in [1.165, 1.54) is 11.3 Å². The Bertz CT molecular complexity index is 1150. The molecule has 7 heteroatoms. The van der Waals surface area contributed by atoms with Crippen LogP contribution in [0.3, 0.4) is 0 Å². The molecule has 1 aliphatic heterocycles. The second kappa shape index (κ2) is 10.9. The van der Waals surface area contributed by atoms with E-state index >= 15 is 0 Å². The van der Waals surface area contributed by atoms with E-state index in [0.717, 1.165) is 23.1 Å². The number of amides is 1.